The van der Waals surface area contributed by atoms with Crippen molar-refractivity contribution in [3.63, 3.8) is 0 Å². The Bertz CT molecular complexity index is 947. The van der Waals surface area contributed by atoms with E-state index in [2.05, 4.69) is 53.8 Å². The van der Waals surface area contributed by atoms with Crippen LogP contribution in [0.1, 0.15) is 35.4 Å². The minimum Gasteiger partial charge on any atom is -0.449 e. The average molecular weight is 355 g/mol. The highest BCUT2D eigenvalue weighted by atomic mass is 16.5. The van der Waals surface area contributed by atoms with Crippen molar-refractivity contribution in [2.45, 2.75) is 24.3 Å². The zero-order chi connectivity index (χ0) is 18.3. The molecule has 0 spiro atoms. The highest BCUT2D eigenvalue weighted by molar-refractivity contribution is 5.79. The zero-order valence-electron chi connectivity index (χ0n) is 15.0. The van der Waals surface area contributed by atoms with E-state index in [0.29, 0.717) is 6.61 Å². The molecular formula is C24H21NO2. The number of fused-ring (bicyclic) bond motifs is 3. The number of rotatable bonds is 4. The molecule has 1 fully saturated rings. The second-order valence-corrected chi connectivity index (χ2v) is 7.40. The van der Waals surface area contributed by atoms with Gasteiger partial charge >= 0.3 is 6.09 Å². The Balaban J connectivity index is 1.31. The first-order chi connectivity index (χ1) is 13.3. The summed E-state index contributed by atoms with van der Waals surface area (Å²) in [5, 5.41) is 3.09. The third-order valence-electron chi connectivity index (χ3n) is 5.76. The van der Waals surface area contributed by atoms with Gasteiger partial charge in [-0.1, -0.05) is 78.9 Å². The summed E-state index contributed by atoms with van der Waals surface area (Å²) in [4.78, 5) is 12.5. The van der Waals surface area contributed by atoms with Gasteiger partial charge in [0.1, 0.15) is 6.61 Å². The van der Waals surface area contributed by atoms with Gasteiger partial charge in [0.25, 0.3) is 0 Å². The first-order valence-corrected chi connectivity index (χ1v) is 9.46. The average Bonchev–Trinajstić information content (AvgIpc) is 3.43. The molecule has 27 heavy (non-hydrogen) atoms. The third kappa shape index (κ3) is 2.80. The van der Waals surface area contributed by atoms with E-state index < -0.39 is 0 Å². The molecule has 3 heteroatoms. The second-order valence-electron chi connectivity index (χ2n) is 7.40. The Morgan fingerprint density at radius 1 is 0.852 bits per heavy atom. The van der Waals surface area contributed by atoms with E-state index in [0.717, 1.165) is 18.4 Å². The molecule has 0 radical (unpaired) electrons. The summed E-state index contributed by atoms with van der Waals surface area (Å²) in [5.74, 6) is 0.0926. The van der Waals surface area contributed by atoms with Crippen LogP contribution in [0.4, 0.5) is 4.79 Å². The largest absolute Gasteiger partial charge is 0.449 e. The molecule has 0 bridgehead atoms. The van der Waals surface area contributed by atoms with Gasteiger partial charge in [0.15, 0.2) is 0 Å². The van der Waals surface area contributed by atoms with Crippen LogP contribution in [0.25, 0.3) is 11.1 Å². The molecule has 5 rings (SSSR count). The fourth-order valence-electron chi connectivity index (χ4n) is 4.20. The molecule has 3 aromatic carbocycles. The molecule has 0 atom stereocenters. The molecule has 2 aliphatic carbocycles. The van der Waals surface area contributed by atoms with E-state index in [-0.39, 0.29) is 17.6 Å². The standard InChI is InChI=1S/C24H21NO2/c26-23(25-24(14-15-24)17-8-2-1-3-9-17)27-16-22-20-12-6-4-10-18(20)19-11-5-7-13-21(19)22/h1-13,22H,14-16H2,(H,25,26). The lowest BCUT2D eigenvalue weighted by Crippen LogP contribution is -2.35. The van der Waals surface area contributed by atoms with Gasteiger partial charge in [-0.15, -0.1) is 0 Å². The number of ether oxygens (including phenoxy) is 1. The molecule has 3 nitrogen and oxygen atoms in total. The molecule has 3 aromatic rings. The zero-order valence-corrected chi connectivity index (χ0v) is 15.0. The summed E-state index contributed by atoms with van der Waals surface area (Å²) in [5.41, 5.74) is 5.85. The predicted molar refractivity (Wildman–Crippen MR) is 106 cm³/mol. The Hall–Kier alpha value is -3.07. The van der Waals surface area contributed by atoms with Gasteiger partial charge in [0.2, 0.25) is 0 Å². The van der Waals surface area contributed by atoms with E-state index in [1.807, 2.05) is 30.3 Å². The highest BCUT2D eigenvalue weighted by Crippen LogP contribution is 2.46. The number of nitrogens with one attached hydrogen (secondary N) is 1. The van der Waals surface area contributed by atoms with Crippen molar-refractivity contribution in [3.8, 4) is 11.1 Å². The van der Waals surface area contributed by atoms with Gasteiger partial charge < -0.3 is 10.1 Å². The van der Waals surface area contributed by atoms with Crippen LogP contribution in [0.5, 0.6) is 0 Å². The molecular weight excluding hydrogens is 334 g/mol. The molecule has 1 N–H and O–H groups in total. The van der Waals surface area contributed by atoms with E-state index in [1.54, 1.807) is 0 Å². The van der Waals surface area contributed by atoms with Gasteiger partial charge in [-0.25, -0.2) is 4.79 Å². The first-order valence-electron chi connectivity index (χ1n) is 9.46. The maximum Gasteiger partial charge on any atom is 0.407 e. The molecule has 0 aromatic heterocycles. The van der Waals surface area contributed by atoms with E-state index in [9.17, 15) is 4.79 Å². The van der Waals surface area contributed by atoms with Crippen molar-refractivity contribution >= 4 is 6.09 Å². The number of carbonyl (C=O) groups excluding carboxylic acids is 1. The third-order valence-corrected chi connectivity index (χ3v) is 5.76. The quantitative estimate of drug-likeness (QED) is 0.697. The number of carbonyl (C=O) groups is 1. The Labute approximate surface area is 159 Å². The van der Waals surface area contributed by atoms with Crippen molar-refractivity contribution in [1.29, 1.82) is 0 Å². The van der Waals surface area contributed by atoms with Gasteiger partial charge in [0, 0.05) is 5.92 Å². The SMILES string of the molecule is O=C(NC1(c2ccccc2)CC1)OCC1c2ccccc2-c2ccccc21. The van der Waals surface area contributed by atoms with Crippen LogP contribution < -0.4 is 5.32 Å². The summed E-state index contributed by atoms with van der Waals surface area (Å²) >= 11 is 0. The molecule has 0 unspecified atom stereocenters. The normalized spacial score (nSPS) is 16.3. The minimum atomic E-state index is -0.335. The summed E-state index contributed by atoms with van der Waals surface area (Å²) in [6.45, 7) is 0.352. The number of amides is 1. The van der Waals surface area contributed by atoms with Crippen LogP contribution in [0.15, 0.2) is 78.9 Å². The maximum atomic E-state index is 12.5. The van der Waals surface area contributed by atoms with Crippen LogP contribution in [0.3, 0.4) is 0 Å². The fraction of sp³-hybridized carbons (Fsp3) is 0.208. The lowest BCUT2D eigenvalue weighted by molar-refractivity contribution is 0.137. The highest BCUT2D eigenvalue weighted by Gasteiger charge is 2.46. The van der Waals surface area contributed by atoms with Crippen molar-refractivity contribution in [2.75, 3.05) is 6.61 Å². The molecule has 0 heterocycles. The molecule has 134 valence electrons. The Morgan fingerprint density at radius 3 is 2.00 bits per heavy atom. The Kier molecular flexibility index (Phi) is 3.75. The second kappa shape index (κ2) is 6.27. The molecule has 1 saturated carbocycles. The van der Waals surface area contributed by atoms with Gasteiger partial charge in [-0.2, -0.15) is 0 Å². The first kappa shape index (κ1) is 16.1. The predicted octanol–water partition coefficient (Wildman–Crippen LogP) is 5.21. The van der Waals surface area contributed by atoms with Crippen molar-refractivity contribution in [3.05, 3.63) is 95.6 Å². The van der Waals surface area contributed by atoms with Crippen LogP contribution in [-0.4, -0.2) is 12.7 Å². The molecule has 0 saturated heterocycles. The molecule has 1 amide bonds. The summed E-state index contributed by atoms with van der Waals surface area (Å²) in [6.07, 6.45) is 1.58. The van der Waals surface area contributed by atoms with Crippen LogP contribution in [0.2, 0.25) is 0 Å². The summed E-state index contributed by atoms with van der Waals surface area (Å²) in [6, 6.07) is 26.9. The molecule has 0 aliphatic heterocycles. The monoisotopic (exact) mass is 355 g/mol. The van der Waals surface area contributed by atoms with Crippen LogP contribution in [0, 0.1) is 0 Å². The maximum absolute atomic E-state index is 12.5. The number of benzene rings is 3. The van der Waals surface area contributed by atoms with Crippen molar-refractivity contribution in [1.82, 2.24) is 5.32 Å². The van der Waals surface area contributed by atoms with Crippen molar-refractivity contribution < 1.29 is 9.53 Å². The lowest BCUT2D eigenvalue weighted by atomic mass is 9.98. The van der Waals surface area contributed by atoms with Crippen LogP contribution >= 0.6 is 0 Å². The topological polar surface area (TPSA) is 38.3 Å². The summed E-state index contributed by atoms with van der Waals surface area (Å²) < 4.78 is 5.69. The Morgan fingerprint density at radius 2 is 1.41 bits per heavy atom. The van der Waals surface area contributed by atoms with E-state index in [1.165, 1.54) is 22.3 Å². The smallest absolute Gasteiger partial charge is 0.407 e. The molecule has 2 aliphatic rings. The lowest BCUT2D eigenvalue weighted by Gasteiger charge is -2.19. The van der Waals surface area contributed by atoms with Gasteiger partial charge in [-0.3, -0.25) is 0 Å². The van der Waals surface area contributed by atoms with Gasteiger partial charge in [-0.05, 0) is 40.7 Å². The summed E-state index contributed by atoms with van der Waals surface area (Å²) in [7, 11) is 0. The van der Waals surface area contributed by atoms with Crippen LogP contribution in [-0.2, 0) is 10.3 Å². The van der Waals surface area contributed by atoms with Gasteiger partial charge in [0.05, 0.1) is 5.54 Å². The van der Waals surface area contributed by atoms with Crippen molar-refractivity contribution in [2.24, 2.45) is 0 Å². The number of alkyl carbamates (subject to hydrolysis) is 1. The van der Waals surface area contributed by atoms with E-state index in [4.69, 9.17) is 4.74 Å². The van der Waals surface area contributed by atoms with E-state index >= 15 is 0 Å². The number of hydrogen-bond acceptors (Lipinski definition) is 2. The number of hydrogen-bond donors (Lipinski definition) is 1. The minimum absolute atomic E-state index is 0.0926. The fourth-order valence-corrected chi connectivity index (χ4v) is 4.20.